The van der Waals surface area contributed by atoms with Gasteiger partial charge in [-0.05, 0) is 12.1 Å². The summed E-state index contributed by atoms with van der Waals surface area (Å²) in [6.07, 6.45) is -3.35. The Hall–Kier alpha value is -1.55. The minimum absolute atomic E-state index is 0.494. The monoisotopic (exact) mass is 229 g/mol. The summed E-state index contributed by atoms with van der Waals surface area (Å²) in [5, 5.41) is 35.4. The first-order chi connectivity index (χ1) is 7.51. The average Bonchev–Trinajstić information content (AvgIpc) is 2.29. The van der Waals surface area contributed by atoms with Gasteiger partial charge in [-0.2, -0.15) is 5.26 Å². The van der Waals surface area contributed by atoms with E-state index in [0.717, 1.165) is 0 Å². The molecule has 0 radical (unpaired) electrons. The fourth-order valence-electron chi connectivity index (χ4n) is 1.18. The van der Waals surface area contributed by atoms with Crippen molar-refractivity contribution < 1.29 is 24.1 Å². The maximum atomic E-state index is 13.3. The van der Waals surface area contributed by atoms with E-state index in [4.69, 9.17) is 15.5 Å². The molecule has 4 nitrogen and oxygen atoms in total. The third-order valence-corrected chi connectivity index (χ3v) is 2.08. The number of nitrogens with zero attached hydrogens (tertiary/aromatic N) is 1. The Morgan fingerprint density at radius 1 is 1.25 bits per heavy atom. The van der Waals surface area contributed by atoms with Crippen molar-refractivity contribution in [2.75, 3.05) is 6.61 Å². The molecule has 0 bridgehead atoms. The molecule has 0 saturated heterocycles. The lowest BCUT2D eigenvalue weighted by molar-refractivity contribution is -0.0169. The molecule has 2 unspecified atom stereocenters. The highest BCUT2D eigenvalue weighted by molar-refractivity contribution is 5.35. The maximum absolute atomic E-state index is 13.3. The zero-order valence-electron chi connectivity index (χ0n) is 8.06. The van der Waals surface area contributed by atoms with Crippen LogP contribution in [0.2, 0.25) is 0 Å². The third kappa shape index (κ3) is 2.33. The van der Waals surface area contributed by atoms with E-state index in [0.29, 0.717) is 12.1 Å². The summed E-state index contributed by atoms with van der Waals surface area (Å²) in [6.45, 7) is -0.789. The number of halogens is 2. The SMILES string of the molecule is N#Cc1cc(F)c(C(O)C(O)CO)cc1F. The molecule has 16 heavy (non-hydrogen) atoms. The molecule has 0 saturated carbocycles. The number of nitriles is 1. The predicted octanol–water partition coefficient (Wildman–Crippen LogP) is 0.223. The molecule has 2 atom stereocenters. The summed E-state index contributed by atoms with van der Waals surface area (Å²) in [7, 11) is 0. The van der Waals surface area contributed by atoms with Gasteiger partial charge in [0.1, 0.15) is 29.9 Å². The molecule has 3 N–H and O–H groups in total. The van der Waals surface area contributed by atoms with E-state index in [1.165, 1.54) is 6.07 Å². The van der Waals surface area contributed by atoms with Gasteiger partial charge in [0.15, 0.2) is 0 Å². The van der Waals surface area contributed by atoms with Crippen LogP contribution in [0, 0.1) is 23.0 Å². The van der Waals surface area contributed by atoms with Crippen LogP contribution in [0.25, 0.3) is 0 Å². The normalized spacial score (nSPS) is 14.2. The number of rotatable bonds is 3. The second-order valence-electron chi connectivity index (χ2n) is 3.16. The van der Waals surface area contributed by atoms with Gasteiger partial charge in [-0.1, -0.05) is 0 Å². The topological polar surface area (TPSA) is 84.5 Å². The zero-order chi connectivity index (χ0) is 12.3. The van der Waals surface area contributed by atoms with Crippen LogP contribution >= 0.6 is 0 Å². The van der Waals surface area contributed by atoms with E-state index < -0.39 is 41.6 Å². The van der Waals surface area contributed by atoms with E-state index in [1.807, 2.05) is 0 Å². The van der Waals surface area contributed by atoms with Crippen LogP contribution in [0.3, 0.4) is 0 Å². The molecule has 0 spiro atoms. The highest BCUT2D eigenvalue weighted by atomic mass is 19.1. The van der Waals surface area contributed by atoms with Gasteiger partial charge in [-0.15, -0.1) is 0 Å². The van der Waals surface area contributed by atoms with E-state index >= 15 is 0 Å². The molecule has 0 aliphatic carbocycles. The Kier molecular flexibility index (Phi) is 3.90. The van der Waals surface area contributed by atoms with Crippen LogP contribution in [0.5, 0.6) is 0 Å². The fourth-order valence-corrected chi connectivity index (χ4v) is 1.18. The van der Waals surface area contributed by atoms with Crippen LogP contribution < -0.4 is 0 Å². The second kappa shape index (κ2) is 4.99. The van der Waals surface area contributed by atoms with Gasteiger partial charge in [0, 0.05) is 5.56 Å². The van der Waals surface area contributed by atoms with E-state index in [9.17, 15) is 13.9 Å². The van der Waals surface area contributed by atoms with Crippen LogP contribution in [0.4, 0.5) is 8.78 Å². The summed E-state index contributed by atoms with van der Waals surface area (Å²) in [4.78, 5) is 0. The summed E-state index contributed by atoms with van der Waals surface area (Å²) in [6, 6.07) is 2.68. The lowest BCUT2D eigenvalue weighted by Gasteiger charge is -2.16. The molecule has 6 heteroatoms. The van der Waals surface area contributed by atoms with Gasteiger partial charge in [0.05, 0.1) is 12.2 Å². The fraction of sp³-hybridized carbons (Fsp3) is 0.300. The third-order valence-electron chi connectivity index (χ3n) is 2.08. The van der Waals surface area contributed by atoms with E-state index in [-0.39, 0.29) is 0 Å². The lowest BCUT2D eigenvalue weighted by Crippen LogP contribution is -2.23. The van der Waals surface area contributed by atoms with E-state index in [1.54, 1.807) is 0 Å². The first kappa shape index (κ1) is 12.5. The van der Waals surface area contributed by atoms with Crippen LogP contribution in [0.1, 0.15) is 17.2 Å². The van der Waals surface area contributed by atoms with Crippen molar-refractivity contribution >= 4 is 0 Å². The molecule has 0 fully saturated rings. The Morgan fingerprint density at radius 2 is 1.88 bits per heavy atom. The number of benzene rings is 1. The van der Waals surface area contributed by atoms with Crippen LogP contribution in [0.15, 0.2) is 12.1 Å². The average molecular weight is 229 g/mol. The van der Waals surface area contributed by atoms with Gasteiger partial charge >= 0.3 is 0 Å². The zero-order valence-corrected chi connectivity index (χ0v) is 8.06. The molecule has 86 valence electrons. The highest BCUT2D eigenvalue weighted by Crippen LogP contribution is 2.23. The van der Waals surface area contributed by atoms with E-state index in [2.05, 4.69) is 0 Å². The van der Waals surface area contributed by atoms with Crippen molar-refractivity contribution in [2.24, 2.45) is 0 Å². The van der Waals surface area contributed by atoms with Gasteiger partial charge in [0.25, 0.3) is 0 Å². The Balaban J connectivity index is 3.17. The lowest BCUT2D eigenvalue weighted by atomic mass is 10.0. The molecule has 1 rings (SSSR count). The van der Waals surface area contributed by atoms with Gasteiger partial charge < -0.3 is 15.3 Å². The molecular weight excluding hydrogens is 220 g/mol. The van der Waals surface area contributed by atoms with Gasteiger partial charge in [-0.25, -0.2) is 8.78 Å². The molecule has 0 amide bonds. The van der Waals surface area contributed by atoms with Crippen molar-refractivity contribution in [3.63, 3.8) is 0 Å². The number of aliphatic hydroxyl groups excluding tert-OH is 3. The van der Waals surface area contributed by atoms with Crippen LogP contribution in [-0.4, -0.2) is 28.0 Å². The van der Waals surface area contributed by atoms with Crippen molar-refractivity contribution in [3.05, 3.63) is 34.9 Å². The standard InChI is InChI=1S/C10H9F2NO3/c11-7-2-6(10(16)9(15)4-14)8(12)1-5(7)3-13/h1-2,9-10,14-16H,4H2. The molecule has 1 aromatic rings. The summed E-state index contributed by atoms with van der Waals surface area (Å²) in [5.74, 6) is -2.01. The second-order valence-corrected chi connectivity index (χ2v) is 3.16. The number of aliphatic hydroxyl groups is 3. The number of hydrogen-bond acceptors (Lipinski definition) is 4. The summed E-state index contributed by atoms with van der Waals surface area (Å²) >= 11 is 0. The molecule has 0 aromatic heterocycles. The first-order valence-corrected chi connectivity index (χ1v) is 4.37. The van der Waals surface area contributed by atoms with Crippen molar-refractivity contribution in [3.8, 4) is 6.07 Å². The largest absolute Gasteiger partial charge is 0.394 e. The van der Waals surface area contributed by atoms with Gasteiger partial charge in [-0.3, -0.25) is 0 Å². The Labute approximate surface area is 90.0 Å². The predicted molar refractivity (Wildman–Crippen MR) is 49.1 cm³/mol. The molecular formula is C10H9F2NO3. The molecule has 0 heterocycles. The maximum Gasteiger partial charge on any atom is 0.141 e. The van der Waals surface area contributed by atoms with Gasteiger partial charge in [0.2, 0.25) is 0 Å². The van der Waals surface area contributed by atoms with Crippen molar-refractivity contribution in [1.82, 2.24) is 0 Å². The minimum Gasteiger partial charge on any atom is -0.394 e. The Morgan fingerprint density at radius 3 is 2.38 bits per heavy atom. The summed E-state index contributed by atoms with van der Waals surface area (Å²) < 4.78 is 26.4. The quantitative estimate of drug-likeness (QED) is 0.692. The van der Waals surface area contributed by atoms with Crippen molar-refractivity contribution in [1.29, 1.82) is 5.26 Å². The van der Waals surface area contributed by atoms with Crippen molar-refractivity contribution in [2.45, 2.75) is 12.2 Å². The minimum atomic E-state index is -1.74. The Bertz CT molecular complexity index is 431. The first-order valence-electron chi connectivity index (χ1n) is 4.37. The van der Waals surface area contributed by atoms with Crippen LogP contribution in [-0.2, 0) is 0 Å². The highest BCUT2D eigenvalue weighted by Gasteiger charge is 2.22. The molecule has 1 aromatic carbocycles. The molecule has 0 aliphatic heterocycles. The summed E-state index contributed by atoms with van der Waals surface area (Å²) in [5.41, 5.74) is -0.995. The molecule has 0 aliphatic rings. The number of hydrogen-bond donors (Lipinski definition) is 3. The smallest absolute Gasteiger partial charge is 0.141 e.